The number of anilines is 1. The molecule has 5 heteroatoms. The number of fused-ring (bicyclic) bond motifs is 1. The SMILES string of the molecule is [C-]#[N+]c1ccc2c(c1)C[C@@H](NC(=O)[C@@H](O)c1ccccc1)CN2. The van der Waals surface area contributed by atoms with E-state index in [-0.39, 0.29) is 6.04 Å². The number of amides is 1. The lowest BCUT2D eigenvalue weighted by Gasteiger charge is -2.28. The van der Waals surface area contributed by atoms with Gasteiger partial charge >= 0.3 is 0 Å². The summed E-state index contributed by atoms with van der Waals surface area (Å²) < 4.78 is 0. The first-order valence-electron chi connectivity index (χ1n) is 7.45. The van der Waals surface area contributed by atoms with Gasteiger partial charge in [-0.1, -0.05) is 42.5 Å². The van der Waals surface area contributed by atoms with E-state index >= 15 is 0 Å². The van der Waals surface area contributed by atoms with E-state index in [1.54, 1.807) is 30.3 Å². The molecular weight excluding hydrogens is 290 g/mol. The fraction of sp³-hybridized carbons (Fsp3) is 0.222. The monoisotopic (exact) mass is 307 g/mol. The topological polar surface area (TPSA) is 65.7 Å². The summed E-state index contributed by atoms with van der Waals surface area (Å²) in [6.45, 7) is 7.67. The molecule has 23 heavy (non-hydrogen) atoms. The highest BCUT2D eigenvalue weighted by atomic mass is 16.3. The number of rotatable bonds is 3. The Morgan fingerprint density at radius 3 is 2.83 bits per heavy atom. The van der Waals surface area contributed by atoms with Crippen molar-refractivity contribution >= 4 is 17.3 Å². The third kappa shape index (κ3) is 3.33. The van der Waals surface area contributed by atoms with Gasteiger partial charge in [-0.3, -0.25) is 4.79 Å². The van der Waals surface area contributed by atoms with E-state index in [0.29, 0.717) is 24.2 Å². The molecule has 1 aliphatic heterocycles. The molecule has 1 heterocycles. The molecule has 3 N–H and O–H groups in total. The minimum Gasteiger partial charge on any atom is -0.383 e. The summed E-state index contributed by atoms with van der Waals surface area (Å²) in [5, 5.41) is 16.2. The number of carbonyl (C=O) groups is 1. The highest BCUT2D eigenvalue weighted by Crippen LogP contribution is 2.27. The van der Waals surface area contributed by atoms with Gasteiger partial charge in [0.1, 0.15) is 0 Å². The first-order valence-corrected chi connectivity index (χ1v) is 7.45. The quantitative estimate of drug-likeness (QED) is 0.763. The molecular formula is C18H17N3O2. The summed E-state index contributed by atoms with van der Waals surface area (Å²) in [4.78, 5) is 15.6. The molecule has 2 atom stereocenters. The molecule has 0 radical (unpaired) electrons. The van der Waals surface area contributed by atoms with Crippen LogP contribution in [0.3, 0.4) is 0 Å². The van der Waals surface area contributed by atoms with Crippen molar-refractivity contribution in [1.29, 1.82) is 0 Å². The zero-order chi connectivity index (χ0) is 16.2. The minimum atomic E-state index is -1.17. The van der Waals surface area contributed by atoms with Gasteiger partial charge in [0, 0.05) is 12.2 Å². The fourth-order valence-corrected chi connectivity index (χ4v) is 2.73. The molecule has 1 aliphatic rings. The number of nitrogens with zero attached hydrogens (tertiary/aromatic N) is 1. The second-order valence-corrected chi connectivity index (χ2v) is 5.56. The maximum atomic E-state index is 12.2. The number of carbonyl (C=O) groups excluding carboxylic acids is 1. The van der Waals surface area contributed by atoms with Gasteiger partial charge in [-0.25, -0.2) is 4.85 Å². The van der Waals surface area contributed by atoms with Gasteiger partial charge in [-0.05, 0) is 23.6 Å². The van der Waals surface area contributed by atoms with Gasteiger partial charge < -0.3 is 15.7 Å². The Morgan fingerprint density at radius 2 is 2.09 bits per heavy atom. The van der Waals surface area contributed by atoms with E-state index < -0.39 is 12.0 Å². The predicted molar refractivity (Wildman–Crippen MR) is 88.2 cm³/mol. The highest BCUT2D eigenvalue weighted by molar-refractivity contribution is 5.82. The number of aliphatic hydroxyl groups excluding tert-OH is 1. The van der Waals surface area contributed by atoms with E-state index in [4.69, 9.17) is 6.57 Å². The van der Waals surface area contributed by atoms with Crippen LogP contribution in [-0.2, 0) is 11.2 Å². The Morgan fingerprint density at radius 1 is 1.30 bits per heavy atom. The molecule has 0 fully saturated rings. The molecule has 0 aromatic heterocycles. The van der Waals surface area contributed by atoms with Crippen LogP contribution < -0.4 is 10.6 Å². The lowest BCUT2D eigenvalue weighted by molar-refractivity contribution is -0.130. The van der Waals surface area contributed by atoms with Crippen molar-refractivity contribution in [3.8, 4) is 0 Å². The summed E-state index contributed by atoms with van der Waals surface area (Å²) in [7, 11) is 0. The first kappa shape index (κ1) is 15.1. The normalized spacial score (nSPS) is 17.3. The summed E-state index contributed by atoms with van der Waals surface area (Å²) in [6, 6.07) is 14.2. The number of aliphatic hydroxyl groups is 1. The zero-order valence-corrected chi connectivity index (χ0v) is 12.5. The van der Waals surface area contributed by atoms with Crippen LogP contribution in [0.4, 0.5) is 11.4 Å². The minimum absolute atomic E-state index is 0.116. The summed E-state index contributed by atoms with van der Waals surface area (Å²) >= 11 is 0. The van der Waals surface area contributed by atoms with Gasteiger partial charge in [-0.2, -0.15) is 0 Å². The van der Waals surface area contributed by atoms with Crippen LogP contribution >= 0.6 is 0 Å². The summed E-state index contributed by atoms with van der Waals surface area (Å²) in [5.74, 6) is -0.409. The third-order valence-corrected chi connectivity index (χ3v) is 3.93. The van der Waals surface area contributed by atoms with Crippen molar-refractivity contribution in [3.63, 3.8) is 0 Å². The smallest absolute Gasteiger partial charge is 0.253 e. The highest BCUT2D eigenvalue weighted by Gasteiger charge is 2.24. The second-order valence-electron chi connectivity index (χ2n) is 5.56. The zero-order valence-electron chi connectivity index (χ0n) is 12.5. The Labute approximate surface area is 134 Å². The number of hydrogen-bond acceptors (Lipinski definition) is 3. The standard InChI is InChI=1S/C18H17N3O2/c1-19-14-7-8-16-13(9-14)10-15(11-20-16)21-18(23)17(22)12-5-3-2-4-6-12/h2-9,15,17,20,22H,10-11H2,(H,21,23)/t15-,17+/m1/s1. The first-order chi connectivity index (χ1) is 11.2. The molecule has 0 saturated heterocycles. The molecule has 116 valence electrons. The lowest BCUT2D eigenvalue weighted by Crippen LogP contribution is -2.45. The molecule has 0 saturated carbocycles. The summed E-state index contributed by atoms with van der Waals surface area (Å²) in [6.07, 6.45) is -0.536. The molecule has 0 spiro atoms. The predicted octanol–water partition coefficient (Wildman–Crippen LogP) is 2.42. The maximum absolute atomic E-state index is 12.2. The molecule has 0 bridgehead atoms. The fourth-order valence-electron chi connectivity index (χ4n) is 2.73. The number of nitrogens with one attached hydrogen (secondary N) is 2. The number of hydrogen-bond donors (Lipinski definition) is 3. The van der Waals surface area contributed by atoms with Crippen molar-refractivity contribution < 1.29 is 9.90 Å². The van der Waals surface area contributed by atoms with Crippen LogP contribution in [0.15, 0.2) is 48.5 Å². The molecule has 0 unspecified atom stereocenters. The van der Waals surface area contributed by atoms with E-state index in [1.165, 1.54) is 0 Å². The Balaban J connectivity index is 1.67. The molecule has 0 aliphatic carbocycles. The summed E-state index contributed by atoms with van der Waals surface area (Å²) in [5.41, 5.74) is 3.15. The van der Waals surface area contributed by atoms with Crippen LogP contribution in [0.5, 0.6) is 0 Å². The van der Waals surface area contributed by atoms with Crippen molar-refractivity contribution in [1.82, 2.24) is 5.32 Å². The van der Waals surface area contributed by atoms with Crippen LogP contribution in [0, 0.1) is 6.57 Å². The largest absolute Gasteiger partial charge is 0.383 e. The Kier molecular flexibility index (Phi) is 4.26. The van der Waals surface area contributed by atoms with Crippen LogP contribution in [-0.4, -0.2) is 23.6 Å². The lowest BCUT2D eigenvalue weighted by atomic mass is 9.98. The van der Waals surface area contributed by atoms with Crippen molar-refractivity contribution in [2.24, 2.45) is 0 Å². The van der Waals surface area contributed by atoms with Gasteiger partial charge in [-0.15, -0.1) is 0 Å². The van der Waals surface area contributed by atoms with Crippen molar-refractivity contribution in [3.05, 3.63) is 71.1 Å². The Hall–Kier alpha value is -2.84. The van der Waals surface area contributed by atoms with Gasteiger partial charge in [0.05, 0.1) is 12.6 Å². The Bertz CT molecular complexity index is 753. The molecule has 2 aromatic rings. The second kappa shape index (κ2) is 6.51. The molecule has 1 amide bonds. The molecule has 5 nitrogen and oxygen atoms in total. The van der Waals surface area contributed by atoms with Crippen LogP contribution in [0.25, 0.3) is 4.85 Å². The number of benzene rings is 2. The van der Waals surface area contributed by atoms with Gasteiger partial charge in [0.25, 0.3) is 5.91 Å². The molecule has 2 aromatic carbocycles. The van der Waals surface area contributed by atoms with Crippen LogP contribution in [0.2, 0.25) is 0 Å². The van der Waals surface area contributed by atoms with Crippen LogP contribution in [0.1, 0.15) is 17.2 Å². The van der Waals surface area contributed by atoms with E-state index in [9.17, 15) is 9.90 Å². The average molecular weight is 307 g/mol. The van der Waals surface area contributed by atoms with E-state index in [1.807, 2.05) is 18.2 Å². The van der Waals surface area contributed by atoms with Gasteiger partial charge in [0.15, 0.2) is 11.8 Å². The average Bonchev–Trinajstić information content (AvgIpc) is 2.61. The van der Waals surface area contributed by atoms with Crippen molar-refractivity contribution in [2.75, 3.05) is 11.9 Å². The third-order valence-electron chi connectivity index (χ3n) is 3.93. The molecule has 3 rings (SSSR count). The van der Waals surface area contributed by atoms with Crippen molar-refractivity contribution in [2.45, 2.75) is 18.6 Å². The van der Waals surface area contributed by atoms with E-state index in [0.717, 1.165) is 11.3 Å². The van der Waals surface area contributed by atoms with Gasteiger partial charge in [0.2, 0.25) is 0 Å². The maximum Gasteiger partial charge on any atom is 0.253 e. The van der Waals surface area contributed by atoms with E-state index in [2.05, 4.69) is 15.5 Å².